The molecule has 1 aliphatic heterocycles. The second-order valence-corrected chi connectivity index (χ2v) is 7.63. The molecule has 1 fully saturated rings. The molecule has 0 unspecified atom stereocenters. The van der Waals surface area contributed by atoms with Crippen molar-refractivity contribution in [1.82, 2.24) is 14.4 Å². The lowest BCUT2D eigenvalue weighted by atomic mass is 10.1. The van der Waals surface area contributed by atoms with Gasteiger partial charge in [-0.1, -0.05) is 24.3 Å². The molecule has 5 heteroatoms. The van der Waals surface area contributed by atoms with Gasteiger partial charge in [-0.15, -0.1) is 0 Å². The third-order valence-electron chi connectivity index (χ3n) is 5.87. The lowest BCUT2D eigenvalue weighted by molar-refractivity contribution is 0.111. The number of benzene rings is 2. The molecule has 0 aliphatic carbocycles. The first kappa shape index (κ1) is 19.1. The number of unbranched alkanes of at least 4 members (excludes halogenated alkanes) is 1. The van der Waals surface area contributed by atoms with Crippen LogP contribution in [0.25, 0.3) is 21.8 Å². The summed E-state index contributed by atoms with van der Waals surface area (Å²) in [5.74, 6) is 0. The molecule has 0 spiro atoms. The Hall–Kier alpha value is -2.21. The number of fused-ring (bicyclic) bond motifs is 2. The smallest absolute Gasteiger partial charge is 0.197 e. The first-order chi connectivity index (χ1) is 13.8. The number of aliphatic hydroxyl groups is 1. The van der Waals surface area contributed by atoms with Crippen LogP contribution >= 0.6 is 0 Å². The van der Waals surface area contributed by atoms with E-state index in [2.05, 4.69) is 26.5 Å². The van der Waals surface area contributed by atoms with Crippen molar-refractivity contribution in [2.75, 3.05) is 45.9 Å². The number of aryl methyl sites for hydroxylation is 1. The second-order valence-electron chi connectivity index (χ2n) is 7.63. The Balaban J connectivity index is 1.44. The molecule has 1 N–H and O–H groups in total. The van der Waals surface area contributed by atoms with Crippen molar-refractivity contribution < 1.29 is 5.11 Å². The summed E-state index contributed by atoms with van der Waals surface area (Å²) in [6, 6.07) is 15.9. The molecule has 2 aromatic carbocycles. The minimum atomic E-state index is 0.128. The number of hydrogen-bond donors (Lipinski definition) is 1. The van der Waals surface area contributed by atoms with Gasteiger partial charge in [-0.3, -0.25) is 9.69 Å². The largest absolute Gasteiger partial charge is 0.395 e. The van der Waals surface area contributed by atoms with Crippen molar-refractivity contribution in [3.63, 3.8) is 0 Å². The van der Waals surface area contributed by atoms with Gasteiger partial charge in [0.1, 0.15) is 0 Å². The van der Waals surface area contributed by atoms with Crippen molar-refractivity contribution in [3.8, 4) is 0 Å². The van der Waals surface area contributed by atoms with Crippen LogP contribution in [0.4, 0.5) is 0 Å². The number of pyridine rings is 1. The monoisotopic (exact) mass is 379 g/mol. The van der Waals surface area contributed by atoms with E-state index in [4.69, 9.17) is 5.11 Å². The highest BCUT2D eigenvalue weighted by molar-refractivity contribution is 5.93. The minimum Gasteiger partial charge on any atom is -0.395 e. The summed E-state index contributed by atoms with van der Waals surface area (Å²) in [4.78, 5) is 17.7. The zero-order chi connectivity index (χ0) is 19.3. The Morgan fingerprint density at radius 3 is 1.79 bits per heavy atom. The van der Waals surface area contributed by atoms with E-state index in [0.29, 0.717) is 0 Å². The van der Waals surface area contributed by atoms with E-state index in [1.54, 1.807) is 0 Å². The van der Waals surface area contributed by atoms with E-state index in [9.17, 15) is 4.79 Å². The van der Waals surface area contributed by atoms with Crippen molar-refractivity contribution in [2.45, 2.75) is 19.4 Å². The van der Waals surface area contributed by atoms with Gasteiger partial charge in [-0.05, 0) is 43.7 Å². The van der Waals surface area contributed by atoms with Crippen molar-refractivity contribution in [2.24, 2.45) is 0 Å². The number of hydrogen-bond acceptors (Lipinski definition) is 4. The maximum Gasteiger partial charge on any atom is 0.197 e. The third-order valence-corrected chi connectivity index (χ3v) is 5.87. The zero-order valence-electron chi connectivity index (χ0n) is 16.4. The molecule has 28 heavy (non-hydrogen) atoms. The summed E-state index contributed by atoms with van der Waals surface area (Å²) in [7, 11) is 0. The number of aliphatic hydroxyl groups excluding tert-OH is 1. The Labute approximate surface area is 165 Å². The molecule has 2 heterocycles. The normalized spacial score (nSPS) is 16.2. The van der Waals surface area contributed by atoms with Gasteiger partial charge in [0.2, 0.25) is 0 Å². The Bertz CT molecular complexity index is 930. The standard InChI is InChI=1S/C23H29N3O2/c27-18-17-25-15-13-24(14-16-25)11-5-6-12-26-21-9-3-1-7-19(21)23(28)20-8-2-4-10-22(20)26/h1-4,7-10,27H,5-6,11-18H2. The van der Waals surface area contributed by atoms with Crippen LogP contribution in [0.2, 0.25) is 0 Å². The lowest BCUT2D eigenvalue weighted by Crippen LogP contribution is -2.47. The first-order valence-corrected chi connectivity index (χ1v) is 10.3. The highest BCUT2D eigenvalue weighted by atomic mass is 16.3. The van der Waals surface area contributed by atoms with Crippen molar-refractivity contribution in [1.29, 1.82) is 0 Å². The van der Waals surface area contributed by atoms with Crippen LogP contribution in [0.15, 0.2) is 53.3 Å². The van der Waals surface area contributed by atoms with Gasteiger partial charge in [0.15, 0.2) is 5.43 Å². The summed E-state index contributed by atoms with van der Waals surface area (Å²) in [6.07, 6.45) is 2.24. The molecular weight excluding hydrogens is 350 g/mol. The fourth-order valence-corrected chi connectivity index (χ4v) is 4.30. The topological polar surface area (TPSA) is 48.7 Å². The molecule has 0 saturated carbocycles. The van der Waals surface area contributed by atoms with Gasteiger partial charge in [-0.25, -0.2) is 0 Å². The molecule has 148 valence electrons. The Morgan fingerprint density at radius 2 is 1.21 bits per heavy atom. The summed E-state index contributed by atoms with van der Waals surface area (Å²) < 4.78 is 2.31. The third kappa shape index (κ3) is 3.97. The molecule has 1 saturated heterocycles. The highest BCUT2D eigenvalue weighted by Gasteiger charge is 2.16. The SMILES string of the molecule is O=c1c2ccccc2n(CCCCN2CCN(CCO)CC2)c2ccccc12. The molecule has 5 nitrogen and oxygen atoms in total. The minimum absolute atomic E-state index is 0.128. The average Bonchev–Trinajstić information content (AvgIpc) is 2.74. The van der Waals surface area contributed by atoms with Gasteiger partial charge in [-0.2, -0.15) is 0 Å². The average molecular weight is 380 g/mol. The number of rotatable bonds is 7. The molecule has 0 amide bonds. The fourth-order valence-electron chi connectivity index (χ4n) is 4.30. The van der Waals surface area contributed by atoms with Crippen molar-refractivity contribution >= 4 is 21.8 Å². The second kappa shape index (κ2) is 8.86. The summed E-state index contributed by atoms with van der Waals surface area (Å²) in [6.45, 7) is 7.36. The van der Waals surface area contributed by atoms with Crippen LogP contribution in [0.3, 0.4) is 0 Å². The van der Waals surface area contributed by atoms with Gasteiger partial charge < -0.3 is 14.6 Å². The van der Waals surface area contributed by atoms with Gasteiger partial charge in [0, 0.05) is 50.0 Å². The number of nitrogens with zero attached hydrogens (tertiary/aromatic N) is 3. The maximum atomic E-state index is 12.8. The van der Waals surface area contributed by atoms with Gasteiger partial charge in [0.05, 0.1) is 17.6 Å². The molecule has 0 radical (unpaired) electrons. The number of aromatic nitrogens is 1. The molecule has 1 aromatic heterocycles. The van der Waals surface area contributed by atoms with Gasteiger partial charge in [0.25, 0.3) is 0 Å². The van der Waals surface area contributed by atoms with Gasteiger partial charge >= 0.3 is 0 Å². The summed E-state index contributed by atoms with van der Waals surface area (Å²) in [5.41, 5.74) is 2.19. The summed E-state index contributed by atoms with van der Waals surface area (Å²) in [5, 5.41) is 10.7. The zero-order valence-corrected chi connectivity index (χ0v) is 16.4. The van der Waals surface area contributed by atoms with Crippen LogP contribution in [-0.4, -0.2) is 65.3 Å². The van der Waals surface area contributed by atoms with E-state index in [1.165, 1.54) is 0 Å². The predicted molar refractivity (Wildman–Crippen MR) is 115 cm³/mol. The van der Waals surface area contributed by atoms with E-state index < -0.39 is 0 Å². The molecular formula is C23H29N3O2. The molecule has 3 aromatic rings. The number of para-hydroxylation sites is 2. The quantitative estimate of drug-likeness (QED) is 0.506. The number of β-amino-alcohol motifs (C(OH)–C–C–N with tert-alkyl or cyclic N) is 1. The van der Waals surface area contributed by atoms with Crippen LogP contribution in [-0.2, 0) is 6.54 Å². The fraction of sp³-hybridized carbons (Fsp3) is 0.435. The van der Waals surface area contributed by atoms with Crippen LogP contribution in [0.5, 0.6) is 0 Å². The van der Waals surface area contributed by atoms with E-state index >= 15 is 0 Å². The maximum absolute atomic E-state index is 12.8. The van der Waals surface area contributed by atoms with E-state index in [1.807, 2.05) is 36.4 Å². The van der Waals surface area contributed by atoms with E-state index in [0.717, 1.165) is 80.5 Å². The summed E-state index contributed by atoms with van der Waals surface area (Å²) >= 11 is 0. The molecule has 0 bridgehead atoms. The number of piperazine rings is 1. The van der Waals surface area contributed by atoms with Crippen LogP contribution in [0, 0.1) is 0 Å². The van der Waals surface area contributed by atoms with Crippen molar-refractivity contribution in [3.05, 3.63) is 58.8 Å². The first-order valence-electron chi connectivity index (χ1n) is 10.3. The van der Waals surface area contributed by atoms with E-state index in [-0.39, 0.29) is 12.0 Å². The Kier molecular flexibility index (Phi) is 6.05. The highest BCUT2D eigenvalue weighted by Crippen LogP contribution is 2.20. The molecule has 4 rings (SSSR count). The molecule has 0 atom stereocenters. The lowest BCUT2D eigenvalue weighted by Gasteiger charge is -2.34. The molecule has 1 aliphatic rings. The Morgan fingerprint density at radius 1 is 0.714 bits per heavy atom. The predicted octanol–water partition coefficient (Wildman–Crippen LogP) is 2.54. The van der Waals surface area contributed by atoms with Crippen LogP contribution in [0.1, 0.15) is 12.8 Å². The van der Waals surface area contributed by atoms with Crippen LogP contribution < -0.4 is 5.43 Å².